The molecule has 0 aromatic rings. The van der Waals surface area contributed by atoms with Crippen LogP contribution in [-0.2, 0) is 4.74 Å². The van der Waals surface area contributed by atoms with Crippen molar-refractivity contribution < 1.29 is 9.84 Å². The number of aliphatic hydroxyl groups is 1. The lowest BCUT2D eigenvalue weighted by molar-refractivity contribution is -0.219. The van der Waals surface area contributed by atoms with Crippen LogP contribution in [0.1, 0.15) is 27.7 Å². The summed E-state index contributed by atoms with van der Waals surface area (Å²) in [7, 11) is 0. The van der Waals surface area contributed by atoms with Crippen LogP contribution in [0.15, 0.2) is 0 Å². The largest absolute Gasteiger partial charge is 0.368 e. The van der Waals surface area contributed by atoms with Crippen LogP contribution in [0.3, 0.4) is 0 Å². The maximum atomic E-state index is 9.41. The fraction of sp³-hybridized carbons (Fsp3) is 1.00. The lowest BCUT2D eigenvalue weighted by atomic mass is 9.79. The fourth-order valence-electron chi connectivity index (χ4n) is 1.63. The first kappa shape index (κ1) is 9.01. The predicted octanol–water partition coefficient (Wildman–Crippen LogP) is 1.63. The lowest BCUT2D eigenvalue weighted by Gasteiger charge is -2.40. The van der Waals surface area contributed by atoms with Gasteiger partial charge in [-0.05, 0) is 18.8 Å². The molecule has 1 rings (SSSR count). The van der Waals surface area contributed by atoms with Crippen LogP contribution >= 0.6 is 0 Å². The van der Waals surface area contributed by atoms with Crippen LogP contribution in [0, 0.1) is 17.8 Å². The van der Waals surface area contributed by atoms with Gasteiger partial charge in [0.05, 0.1) is 6.10 Å². The van der Waals surface area contributed by atoms with Crippen LogP contribution in [0.5, 0.6) is 0 Å². The van der Waals surface area contributed by atoms with E-state index in [1.165, 1.54) is 0 Å². The highest BCUT2D eigenvalue weighted by atomic mass is 16.6. The first-order valence-electron chi connectivity index (χ1n) is 4.37. The van der Waals surface area contributed by atoms with Crippen molar-refractivity contribution in [3.05, 3.63) is 0 Å². The van der Waals surface area contributed by atoms with Crippen LogP contribution in [0.25, 0.3) is 0 Å². The molecule has 0 radical (unpaired) electrons. The highest BCUT2D eigenvalue weighted by Gasteiger charge is 2.35. The lowest BCUT2D eigenvalue weighted by Crippen LogP contribution is -2.43. The summed E-state index contributed by atoms with van der Waals surface area (Å²) in [5.74, 6) is 1.36. The van der Waals surface area contributed by atoms with Gasteiger partial charge >= 0.3 is 0 Å². The molecule has 0 amide bonds. The fourth-order valence-corrected chi connectivity index (χ4v) is 1.63. The van der Waals surface area contributed by atoms with Gasteiger partial charge in [-0.15, -0.1) is 0 Å². The Labute approximate surface area is 68.6 Å². The van der Waals surface area contributed by atoms with Crippen molar-refractivity contribution in [2.75, 3.05) is 0 Å². The van der Waals surface area contributed by atoms with E-state index >= 15 is 0 Å². The molecule has 5 atom stereocenters. The summed E-state index contributed by atoms with van der Waals surface area (Å²) in [6, 6.07) is 0. The Morgan fingerprint density at radius 1 is 0.909 bits per heavy atom. The minimum absolute atomic E-state index is 0.191. The van der Waals surface area contributed by atoms with E-state index in [0.29, 0.717) is 11.8 Å². The van der Waals surface area contributed by atoms with Crippen molar-refractivity contribution >= 4 is 0 Å². The van der Waals surface area contributed by atoms with Crippen molar-refractivity contribution in [2.24, 2.45) is 17.8 Å². The van der Waals surface area contributed by atoms with E-state index in [4.69, 9.17) is 4.74 Å². The van der Waals surface area contributed by atoms with Gasteiger partial charge < -0.3 is 9.84 Å². The van der Waals surface area contributed by atoms with Crippen molar-refractivity contribution in [2.45, 2.75) is 40.1 Å². The van der Waals surface area contributed by atoms with Crippen LogP contribution in [0.2, 0.25) is 0 Å². The third-order valence-corrected chi connectivity index (χ3v) is 3.20. The number of aliphatic hydroxyl groups excluding tert-OH is 1. The summed E-state index contributed by atoms with van der Waals surface area (Å²) >= 11 is 0. The Hall–Kier alpha value is -0.0800. The Balaban J connectivity index is 2.63. The molecule has 0 aromatic carbocycles. The number of rotatable bonds is 0. The second-order valence-corrected chi connectivity index (χ2v) is 3.81. The average molecular weight is 158 g/mol. The number of hydrogen-bond acceptors (Lipinski definition) is 2. The molecule has 66 valence electrons. The van der Waals surface area contributed by atoms with E-state index in [1.54, 1.807) is 0 Å². The Kier molecular flexibility index (Phi) is 2.55. The maximum Gasteiger partial charge on any atom is 0.157 e. The van der Waals surface area contributed by atoms with Crippen molar-refractivity contribution in [3.63, 3.8) is 0 Å². The molecule has 1 saturated heterocycles. The van der Waals surface area contributed by atoms with Crippen LogP contribution in [0.4, 0.5) is 0 Å². The summed E-state index contributed by atoms with van der Waals surface area (Å²) in [5.41, 5.74) is 0. The third kappa shape index (κ3) is 1.57. The zero-order valence-corrected chi connectivity index (χ0v) is 7.74. The molecule has 0 aliphatic carbocycles. The van der Waals surface area contributed by atoms with E-state index in [2.05, 4.69) is 13.8 Å². The molecule has 1 N–H and O–H groups in total. The molecule has 1 fully saturated rings. The molecule has 2 nitrogen and oxygen atoms in total. The SMILES string of the molecule is C[C@@H]1[C@@H](C)[C@H](O)O[C@H](C)[C@H]1C. The standard InChI is InChI=1S/C9H18O2/c1-5-6(2)8(4)11-9(10)7(5)3/h5-10H,1-4H3/t5-,6-,7+,8+,9+/m0/s1. The van der Waals surface area contributed by atoms with E-state index in [-0.39, 0.29) is 12.0 Å². The summed E-state index contributed by atoms with van der Waals surface area (Å²) in [6.45, 7) is 8.42. The minimum atomic E-state index is -0.559. The highest BCUT2D eigenvalue weighted by Crippen LogP contribution is 2.33. The van der Waals surface area contributed by atoms with Crippen molar-refractivity contribution in [3.8, 4) is 0 Å². The molecule has 1 aliphatic rings. The van der Waals surface area contributed by atoms with Gasteiger partial charge in [-0.2, -0.15) is 0 Å². The molecule has 0 unspecified atom stereocenters. The smallest absolute Gasteiger partial charge is 0.157 e. The monoisotopic (exact) mass is 158 g/mol. The Morgan fingerprint density at radius 3 is 2.00 bits per heavy atom. The maximum absolute atomic E-state index is 9.41. The van der Waals surface area contributed by atoms with Gasteiger partial charge in [0.15, 0.2) is 6.29 Å². The molecular formula is C9H18O2. The average Bonchev–Trinajstić information content (AvgIpc) is 1.97. The summed E-state index contributed by atoms with van der Waals surface area (Å²) < 4.78 is 5.34. The minimum Gasteiger partial charge on any atom is -0.368 e. The predicted molar refractivity (Wildman–Crippen MR) is 44.0 cm³/mol. The van der Waals surface area contributed by atoms with E-state index in [9.17, 15) is 5.11 Å². The topological polar surface area (TPSA) is 29.5 Å². The summed E-state index contributed by atoms with van der Waals surface area (Å²) in [6.07, 6.45) is -0.368. The van der Waals surface area contributed by atoms with E-state index in [0.717, 1.165) is 0 Å². The van der Waals surface area contributed by atoms with Crippen molar-refractivity contribution in [1.82, 2.24) is 0 Å². The van der Waals surface area contributed by atoms with Crippen molar-refractivity contribution in [1.29, 1.82) is 0 Å². The van der Waals surface area contributed by atoms with Gasteiger partial charge in [0, 0.05) is 5.92 Å². The van der Waals surface area contributed by atoms with E-state index in [1.807, 2.05) is 13.8 Å². The second-order valence-electron chi connectivity index (χ2n) is 3.81. The quantitative estimate of drug-likeness (QED) is 0.580. The third-order valence-electron chi connectivity index (χ3n) is 3.20. The zero-order valence-electron chi connectivity index (χ0n) is 7.74. The molecule has 1 aliphatic heterocycles. The second kappa shape index (κ2) is 3.11. The van der Waals surface area contributed by atoms with Gasteiger partial charge in [0.2, 0.25) is 0 Å². The Bertz CT molecular complexity index is 122. The molecule has 1 heterocycles. The first-order chi connectivity index (χ1) is 5.04. The molecule has 0 spiro atoms. The van der Waals surface area contributed by atoms with Crippen LogP contribution in [-0.4, -0.2) is 17.5 Å². The number of hydrogen-bond donors (Lipinski definition) is 1. The van der Waals surface area contributed by atoms with E-state index < -0.39 is 6.29 Å². The molecule has 0 saturated carbocycles. The zero-order chi connectivity index (χ0) is 8.59. The van der Waals surface area contributed by atoms with Gasteiger partial charge in [-0.3, -0.25) is 0 Å². The van der Waals surface area contributed by atoms with Crippen LogP contribution < -0.4 is 0 Å². The van der Waals surface area contributed by atoms with Gasteiger partial charge in [-0.25, -0.2) is 0 Å². The summed E-state index contributed by atoms with van der Waals surface area (Å²) in [4.78, 5) is 0. The molecule has 11 heavy (non-hydrogen) atoms. The first-order valence-corrected chi connectivity index (χ1v) is 4.37. The molecular weight excluding hydrogens is 140 g/mol. The van der Waals surface area contributed by atoms with Gasteiger partial charge in [0.25, 0.3) is 0 Å². The number of ether oxygens (including phenoxy) is 1. The van der Waals surface area contributed by atoms with Gasteiger partial charge in [-0.1, -0.05) is 20.8 Å². The van der Waals surface area contributed by atoms with Gasteiger partial charge in [0.1, 0.15) is 0 Å². The molecule has 0 aromatic heterocycles. The molecule has 2 heteroatoms. The Morgan fingerprint density at radius 2 is 1.45 bits per heavy atom. The highest BCUT2D eigenvalue weighted by molar-refractivity contribution is 4.79. The normalized spacial score (nSPS) is 52.6. The summed E-state index contributed by atoms with van der Waals surface area (Å²) in [5, 5.41) is 9.41. The molecule has 0 bridgehead atoms.